The molecule has 0 spiro atoms. The van der Waals surface area contributed by atoms with Gasteiger partial charge in [-0.3, -0.25) is 9.59 Å². The second-order valence-corrected chi connectivity index (χ2v) is 7.66. The van der Waals surface area contributed by atoms with Crippen molar-refractivity contribution in [3.05, 3.63) is 82.9 Å². The van der Waals surface area contributed by atoms with Gasteiger partial charge in [0, 0.05) is 5.56 Å². The highest BCUT2D eigenvalue weighted by molar-refractivity contribution is 5.97. The lowest BCUT2D eigenvalue weighted by atomic mass is 10.1. The van der Waals surface area contributed by atoms with Crippen LogP contribution in [0.2, 0.25) is 0 Å². The quantitative estimate of drug-likeness (QED) is 0.188. The van der Waals surface area contributed by atoms with Crippen LogP contribution in [0.5, 0.6) is 23.0 Å². The Morgan fingerprint density at radius 1 is 0.892 bits per heavy atom. The molecule has 0 heterocycles. The van der Waals surface area contributed by atoms with Gasteiger partial charge in [-0.1, -0.05) is 18.2 Å². The van der Waals surface area contributed by atoms with Crippen molar-refractivity contribution in [3.63, 3.8) is 0 Å². The van der Waals surface area contributed by atoms with Crippen molar-refractivity contribution in [1.29, 1.82) is 0 Å². The number of hydrogen-bond acceptors (Lipinski definition) is 8. The lowest BCUT2D eigenvalue weighted by Crippen LogP contribution is -2.34. The molecule has 0 unspecified atom stereocenters. The van der Waals surface area contributed by atoms with Crippen LogP contribution in [0.15, 0.2) is 65.8 Å². The molecule has 0 radical (unpaired) electrons. The molecule has 0 saturated heterocycles. The van der Waals surface area contributed by atoms with E-state index in [0.29, 0.717) is 34.1 Å². The topological polar surface area (TPSA) is 125 Å². The molecule has 3 rings (SSSR count). The van der Waals surface area contributed by atoms with Crippen LogP contribution >= 0.6 is 0 Å². The molecule has 10 heteroatoms. The van der Waals surface area contributed by atoms with Crippen LogP contribution in [0.1, 0.15) is 31.8 Å². The molecule has 0 fully saturated rings. The van der Waals surface area contributed by atoms with Gasteiger partial charge in [-0.25, -0.2) is 10.2 Å². The first-order chi connectivity index (χ1) is 17.9. The smallest absolute Gasteiger partial charge is 0.343 e. The van der Waals surface area contributed by atoms with Crippen molar-refractivity contribution in [3.8, 4) is 23.0 Å². The van der Waals surface area contributed by atoms with Gasteiger partial charge in [-0.15, -0.1) is 0 Å². The number of hydrogen-bond donors (Lipinski definition) is 2. The number of benzene rings is 3. The van der Waals surface area contributed by atoms with Crippen LogP contribution < -0.4 is 29.7 Å². The summed E-state index contributed by atoms with van der Waals surface area (Å²) in [5.74, 6) is -0.112. The summed E-state index contributed by atoms with van der Waals surface area (Å²) in [4.78, 5) is 36.9. The fourth-order valence-corrected chi connectivity index (χ4v) is 3.28. The molecule has 10 nitrogen and oxygen atoms in total. The third-order valence-electron chi connectivity index (χ3n) is 5.19. The lowest BCUT2D eigenvalue weighted by Gasteiger charge is -2.14. The fraction of sp³-hybridized carbons (Fsp3) is 0.185. The molecule has 0 aliphatic heterocycles. The van der Waals surface area contributed by atoms with E-state index < -0.39 is 17.8 Å². The second-order valence-electron chi connectivity index (χ2n) is 7.66. The standard InChI is InChI=1S/C27H27N3O7/c1-17-7-5-6-8-21(17)27(33)37-20-11-9-18(10-12-20)15-29-30-24(31)16-28-26(32)19-13-22(34-2)25(36-4)23(14-19)35-3/h5-15H,16H2,1-4H3,(H,28,32)(H,30,31)/b29-15+. The van der Waals surface area contributed by atoms with Gasteiger partial charge in [0.05, 0.1) is 39.7 Å². The average molecular weight is 506 g/mol. The van der Waals surface area contributed by atoms with E-state index in [1.54, 1.807) is 36.4 Å². The second kappa shape index (κ2) is 12.7. The van der Waals surface area contributed by atoms with Crippen LogP contribution in [0, 0.1) is 6.92 Å². The van der Waals surface area contributed by atoms with Gasteiger partial charge in [0.1, 0.15) is 5.75 Å². The van der Waals surface area contributed by atoms with Gasteiger partial charge >= 0.3 is 5.97 Å². The number of esters is 1. The number of aryl methyl sites for hydroxylation is 1. The number of hydrazone groups is 1. The first kappa shape index (κ1) is 26.7. The molecule has 3 aromatic rings. The van der Waals surface area contributed by atoms with Crippen LogP contribution in [0.25, 0.3) is 0 Å². The van der Waals surface area contributed by atoms with Crippen molar-refractivity contribution < 1.29 is 33.3 Å². The van der Waals surface area contributed by atoms with Crippen molar-refractivity contribution in [2.24, 2.45) is 5.10 Å². The summed E-state index contributed by atoms with van der Waals surface area (Å²) in [7, 11) is 4.34. The van der Waals surface area contributed by atoms with E-state index >= 15 is 0 Å². The van der Waals surface area contributed by atoms with Gasteiger partial charge in [0.15, 0.2) is 11.5 Å². The van der Waals surface area contributed by atoms with Gasteiger partial charge in [0.25, 0.3) is 11.8 Å². The van der Waals surface area contributed by atoms with E-state index in [9.17, 15) is 14.4 Å². The first-order valence-corrected chi connectivity index (χ1v) is 11.1. The summed E-state index contributed by atoms with van der Waals surface area (Å²) in [5.41, 5.74) is 4.55. The average Bonchev–Trinajstić information content (AvgIpc) is 2.91. The minimum Gasteiger partial charge on any atom is -0.493 e. The lowest BCUT2D eigenvalue weighted by molar-refractivity contribution is -0.120. The van der Waals surface area contributed by atoms with Crippen LogP contribution in [-0.4, -0.2) is 51.9 Å². The molecule has 0 saturated carbocycles. The van der Waals surface area contributed by atoms with Crippen LogP contribution in [-0.2, 0) is 4.79 Å². The van der Waals surface area contributed by atoms with Crippen molar-refractivity contribution in [2.45, 2.75) is 6.92 Å². The SMILES string of the molecule is COc1cc(C(=O)NCC(=O)N/N=C/c2ccc(OC(=O)c3ccccc3C)cc2)cc(OC)c1OC. The maximum absolute atomic E-state index is 12.5. The van der Waals surface area contributed by atoms with Gasteiger partial charge in [0.2, 0.25) is 5.75 Å². The highest BCUT2D eigenvalue weighted by Gasteiger charge is 2.17. The Balaban J connectivity index is 1.50. The molecule has 0 aliphatic rings. The third-order valence-corrected chi connectivity index (χ3v) is 5.19. The minimum atomic E-state index is -0.527. The minimum absolute atomic E-state index is 0.231. The van der Waals surface area contributed by atoms with E-state index in [4.69, 9.17) is 18.9 Å². The number of nitrogens with zero attached hydrogens (tertiary/aromatic N) is 1. The monoisotopic (exact) mass is 505 g/mol. The molecule has 0 aromatic heterocycles. The zero-order valence-electron chi connectivity index (χ0n) is 20.9. The largest absolute Gasteiger partial charge is 0.493 e. The van der Waals surface area contributed by atoms with Gasteiger partial charge in [-0.2, -0.15) is 5.10 Å². The summed E-state index contributed by atoms with van der Waals surface area (Å²) < 4.78 is 21.1. The predicted molar refractivity (Wildman–Crippen MR) is 137 cm³/mol. The highest BCUT2D eigenvalue weighted by Crippen LogP contribution is 2.38. The molecule has 2 N–H and O–H groups in total. The molecule has 0 aliphatic carbocycles. The molecule has 0 atom stereocenters. The summed E-state index contributed by atoms with van der Waals surface area (Å²) in [6.45, 7) is 1.53. The Hall–Kier alpha value is -4.86. The summed E-state index contributed by atoms with van der Waals surface area (Å²) in [6.07, 6.45) is 1.42. The van der Waals surface area contributed by atoms with E-state index in [-0.39, 0.29) is 12.1 Å². The predicted octanol–water partition coefficient (Wildman–Crippen LogP) is 3.12. The number of carbonyl (C=O) groups excluding carboxylic acids is 3. The van der Waals surface area contributed by atoms with Crippen molar-refractivity contribution in [1.82, 2.24) is 10.7 Å². The number of nitrogens with one attached hydrogen (secondary N) is 2. The number of carbonyl (C=O) groups is 3. The normalized spacial score (nSPS) is 10.5. The van der Waals surface area contributed by atoms with E-state index in [2.05, 4.69) is 15.8 Å². The Morgan fingerprint density at radius 3 is 2.14 bits per heavy atom. The zero-order chi connectivity index (χ0) is 26.8. The molecular weight excluding hydrogens is 478 g/mol. The van der Waals surface area contributed by atoms with Crippen molar-refractivity contribution in [2.75, 3.05) is 27.9 Å². The number of rotatable bonds is 10. The maximum Gasteiger partial charge on any atom is 0.343 e. The van der Waals surface area contributed by atoms with E-state index in [0.717, 1.165) is 5.56 Å². The van der Waals surface area contributed by atoms with Gasteiger partial charge in [-0.05, 0) is 60.5 Å². The number of amides is 2. The van der Waals surface area contributed by atoms with Gasteiger partial charge < -0.3 is 24.3 Å². The number of ether oxygens (including phenoxy) is 4. The molecule has 2 amide bonds. The Bertz CT molecular complexity index is 1280. The summed E-state index contributed by atoms with van der Waals surface area (Å²) in [5, 5.41) is 6.38. The summed E-state index contributed by atoms with van der Waals surface area (Å²) >= 11 is 0. The first-order valence-electron chi connectivity index (χ1n) is 11.1. The molecule has 3 aromatic carbocycles. The Labute approximate surface area is 214 Å². The molecule has 192 valence electrons. The van der Waals surface area contributed by atoms with Crippen LogP contribution in [0.4, 0.5) is 0 Å². The molecule has 0 bridgehead atoms. The van der Waals surface area contributed by atoms with E-state index in [1.807, 2.05) is 19.1 Å². The van der Waals surface area contributed by atoms with Crippen LogP contribution in [0.3, 0.4) is 0 Å². The Kier molecular flexibility index (Phi) is 9.20. The molecule has 37 heavy (non-hydrogen) atoms. The maximum atomic E-state index is 12.5. The fourth-order valence-electron chi connectivity index (χ4n) is 3.28. The third kappa shape index (κ3) is 7.07. The molecular formula is C27H27N3O7. The zero-order valence-corrected chi connectivity index (χ0v) is 20.9. The van der Waals surface area contributed by atoms with E-state index in [1.165, 1.54) is 39.7 Å². The summed E-state index contributed by atoms with van der Waals surface area (Å²) in [6, 6.07) is 16.7. The highest BCUT2D eigenvalue weighted by atomic mass is 16.5. The number of methoxy groups -OCH3 is 3. The van der Waals surface area contributed by atoms with Crippen molar-refractivity contribution >= 4 is 24.0 Å². The Morgan fingerprint density at radius 2 is 1.54 bits per heavy atom.